The van der Waals surface area contributed by atoms with Gasteiger partial charge in [-0.25, -0.2) is 8.42 Å². The van der Waals surface area contributed by atoms with Crippen LogP contribution in [0, 0.1) is 20.8 Å². The highest BCUT2D eigenvalue weighted by Crippen LogP contribution is 2.36. The SMILES string of the molecule is C=CN/N=C(\C)Sc1cc(NS(=O)(=O)c2ccc(C)c(C)c2)c(C=C)c(C=C)c1C.CC. The molecule has 5 nitrogen and oxygen atoms in total. The van der Waals surface area contributed by atoms with Gasteiger partial charge in [0.25, 0.3) is 10.0 Å². The minimum Gasteiger partial charge on any atom is -0.286 e. The predicted octanol–water partition coefficient (Wildman–Crippen LogP) is 6.88. The Hall–Kier alpha value is -2.77. The number of aryl methyl sites for hydroxylation is 2. The van der Waals surface area contributed by atoms with Gasteiger partial charge in [0.15, 0.2) is 0 Å². The summed E-state index contributed by atoms with van der Waals surface area (Å²) in [4.78, 5) is 1.07. The van der Waals surface area contributed by atoms with E-state index in [-0.39, 0.29) is 4.90 Å². The Bertz CT molecular complexity index is 1130. The maximum absolute atomic E-state index is 13.1. The van der Waals surface area contributed by atoms with Crippen molar-refractivity contribution in [1.82, 2.24) is 5.43 Å². The predicted molar refractivity (Wildman–Crippen MR) is 142 cm³/mol. The number of benzene rings is 2. The molecule has 0 aliphatic carbocycles. The van der Waals surface area contributed by atoms with E-state index < -0.39 is 10.0 Å². The number of nitrogens with zero attached hydrogens (tertiary/aromatic N) is 1. The van der Waals surface area contributed by atoms with Crippen molar-refractivity contribution in [3.63, 3.8) is 0 Å². The second-order valence-corrected chi connectivity index (χ2v) is 9.62. The third-order valence-corrected chi connectivity index (χ3v) is 7.04. The van der Waals surface area contributed by atoms with Crippen LogP contribution in [0.15, 0.2) is 65.1 Å². The fraction of sp³-hybridized carbons (Fsp3) is 0.240. The Morgan fingerprint density at radius 1 is 1.00 bits per heavy atom. The molecule has 32 heavy (non-hydrogen) atoms. The quantitative estimate of drug-likeness (QED) is 0.190. The molecule has 0 saturated carbocycles. The molecule has 0 saturated heterocycles. The highest BCUT2D eigenvalue weighted by atomic mass is 32.2. The number of hydrazone groups is 1. The zero-order valence-corrected chi connectivity index (χ0v) is 21.4. The maximum atomic E-state index is 13.1. The molecular formula is C25H33N3O2S2. The Labute approximate surface area is 197 Å². The van der Waals surface area contributed by atoms with Gasteiger partial charge in [-0.2, -0.15) is 5.10 Å². The van der Waals surface area contributed by atoms with E-state index in [0.29, 0.717) is 11.3 Å². The summed E-state index contributed by atoms with van der Waals surface area (Å²) in [6.07, 6.45) is 4.83. The maximum Gasteiger partial charge on any atom is 0.261 e. The molecule has 0 fully saturated rings. The van der Waals surface area contributed by atoms with Crippen LogP contribution in [-0.4, -0.2) is 13.5 Å². The van der Waals surface area contributed by atoms with Crippen molar-refractivity contribution in [2.45, 2.75) is 51.3 Å². The lowest BCUT2D eigenvalue weighted by Gasteiger charge is -2.18. The van der Waals surface area contributed by atoms with Gasteiger partial charge in [0.05, 0.1) is 15.6 Å². The molecule has 0 aliphatic heterocycles. The van der Waals surface area contributed by atoms with Crippen LogP contribution < -0.4 is 10.1 Å². The van der Waals surface area contributed by atoms with Gasteiger partial charge in [-0.15, -0.1) is 0 Å². The molecule has 0 amide bonds. The van der Waals surface area contributed by atoms with Crippen LogP contribution in [0.4, 0.5) is 5.69 Å². The van der Waals surface area contributed by atoms with Gasteiger partial charge in [0.2, 0.25) is 0 Å². The lowest BCUT2D eigenvalue weighted by Crippen LogP contribution is -2.15. The van der Waals surface area contributed by atoms with Gasteiger partial charge in [-0.3, -0.25) is 10.1 Å². The molecular weight excluding hydrogens is 438 g/mol. The van der Waals surface area contributed by atoms with E-state index in [2.05, 4.69) is 35.0 Å². The fourth-order valence-electron chi connectivity index (χ4n) is 2.87. The number of sulfonamides is 1. The van der Waals surface area contributed by atoms with E-state index in [1.165, 1.54) is 18.0 Å². The van der Waals surface area contributed by atoms with Crippen LogP contribution in [0.5, 0.6) is 0 Å². The van der Waals surface area contributed by atoms with Gasteiger partial charge in [0.1, 0.15) is 0 Å². The first-order valence-corrected chi connectivity index (χ1v) is 12.6. The van der Waals surface area contributed by atoms with E-state index in [0.717, 1.165) is 32.2 Å². The van der Waals surface area contributed by atoms with Crippen molar-refractivity contribution >= 4 is 44.7 Å². The molecule has 0 aromatic heterocycles. The standard InChI is InChI=1S/C23H27N3O2S2.C2H6/c1-8-20-17(6)23(29-18(7)25-24-10-3)14-22(21(20)9-2)26-30(27,28)19-12-11-15(4)16(5)13-19;1-2/h8-14,24,26H,1-3H2,4-7H3;1-2H3/b25-18+;. The summed E-state index contributed by atoms with van der Waals surface area (Å²) in [5.74, 6) is 0. The topological polar surface area (TPSA) is 70.6 Å². The molecule has 2 rings (SSSR count). The molecule has 172 valence electrons. The lowest BCUT2D eigenvalue weighted by atomic mass is 10.00. The summed E-state index contributed by atoms with van der Waals surface area (Å²) >= 11 is 1.42. The molecule has 0 unspecified atom stereocenters. The average molecular weight is 472 g/mol. The Morgan fingerprint density at radius 3 is 2.16 bits per heavy atom. The molecule has 2 aromatic rings. The van der Waals surface area contributed by atoms with Gasteiger partial charge >= 0.3 is 0 Å². The summed E-state index contributed by atoms with van der Waals surface area (Å²) < 4.78 is 28.9. The monoisotopic (exact) mass is 471 g/mol. The first-order chi connectivity index (χ1) is 15.1. The van der Waals surface area contributed by atoms with Gasteiger partial charge in [-0.05, 0) is 68.1 Å². The Kier molecular flexibility index (Phi) is 10.5. The van der Waals surface area contributed by atoms with E-state index in [1.807, 2.05) is 41.5 Å². The summed E-state index contributed by atoms with van der Waals surface area (Å²) in [6, 6.07) is 6.88. The second-order valence-electron chi connectivity index (χ2n) is 6.70. The first kappa shape index (κ1) is 27.3. The zero-order valence-electron chi connectivity index (χ0n) is 19.7. The Morgan fingerprint density at radius 2 is 1.62 bits per heavy atom. The molecule has 2 N–H and O–H groups in total. The number of nitrogens with one attached hydrogen (secondary N) is 2. The minimum atomic E-state index is -3.78. The van der Waals surface area contributed by atoms with Gasteiger partial charge in [-0.1, -0.05) is 63.6 Å². The number of hydrogen-bond acceptors (Lipinski definition) is 5. The smallest absolute Gasteiger partial charge is 0.261 e. The molecule has 0 atom stereocenters. The number of anilines is 1. The summed E-state index contributed by atoms with van der Waals surface area (Å²) in [7, 11) is -3.78. The van der Waals surface area contributed by atoms with E-state index in [4.69, 9.17) is 0 Å². The molecule has 0 bridgehead atoms. The first-order valence-electron chi connectivity index (χ1n) is 10.3. The summed E-state index contributed by atoms with van der Waals surface area (Å²) in [5, 5.41) is 4.93. The van der Waals surface area contributed by atoms with Crippen LogP contribution in [0.2, 0.25) is 0 Å². The summed E-state index contributed by atoms with van der Waals surface area (Å²) in [5.41, 5.74) is 7.55. The van der Waals surface area contributed by atoms with Crippen molar-refractivity contribution in [3.8, 4) is 0 Å². The molecule has 0 spiro atoms. The number of rotatable bonds is 8. The van der Waals surface area contributed by atoms with Crippen molar-refractivity contribution in [1.29, 1.82) is 0 Å². The number of thioether (sulfide) groups is 1. The van der Waals surface area contributed by atoms with Crippen LogP contribution in [0.1, 0.15) is 48.6 Å². The van der Waals surface area contributed by atoms with Crippen molar-refractivity contribution in [2.24, 2.45) is 5.10 Å². The van der Waals surface area contributed by atoms with E-state index in [1.54, 1.807) is 36.4 Å². The van der Waals surface area contributed by atoms with Crippen molar-refractivity contribution in [2.75, 3.05) is 4.72 Å². The van der Waals surface area contributed by atoms with Crippen LogP contribution in [0.25, 0.3) is 12.2 Å². The third kappa shape index (κ3) is 6.61. The van der Waals surface area contributed by atoms with Gasteiger partial charge in [0, 0.05) is 16.7 Å². The number of hydrogen-bond donors (Lipinski definition) is 2. The Balaban J connectivity index is 0.00000249. The van der Waals surface area contributed by atoms with Crippen LogP contribution in [-0.2, 0) is 10.0 Å². The largest absolute Gasteiger partial charge is 0.286 e. The highest BCUT2D eigenvalue weighted by molar-refractivity contribution is 8.14. The molecule has 0 aliphatic rings. The van der Waals surface area contributed by atoms with E-state index >= 15 is 0 Å². The second kappa shape index (κ2) is 12.3. The third-order valence-electron chi connectivity index (χ3n) is 4.64. The molecule has 7 heteroatoms. The van der Waals surface area contributed by atoms with Crippen molar-refractivity contribution < 1.29 is 8.42 Å². The highest BCUT2D eigenvalue weighted by Gasteiger charge is 2.20. The average Bonchev–Trinajstić information content (AvgIpc) is 2.77. The normalized spacial score (nSPS) is 11.1. The fourth-order valence-corrected chi connectivity index (χ4v) is 4.89. The summed E-state index contributed by atoms with van der Waals surface area (Å²) in [6.45, 7) is 23.0. The molecule has 0 radical (unpaired) electrons. The van der Waals surface area contributed by atoms with Crippen LogP contribution >= 0.6 is 11.8 Å². The zero-order chi connectivity index (χ0) is 24.5. The van der Waals surface area contributed by atoms with E-state index in [9.17, 15) is 8.42 Å². The van der Waals surface area contributed by atoms with Crippen LogP contribution in [0.3, 0.4) is 0 Å². The molecule has 0 heterocycles. The van der Waals surface area contributed by atoms with Gasteiger partial charge < -0.3 is 0 Å². The van der Waals surface area contributed by atoms with Crippen molar-refractivity contribution in [3.05, 3.63) is 78.0 Å². The lowest BCUT2D eigenvalue weighted by molar-refractivity contribution is 0.601. The molecule has 2 aromatic carbocycles. The minimum absolute atomic E-state index is 0.212.